The number of halogens is 2. The number of hydrogen-bond donors (Lipinski definition) is 2. The molecular weight excluding hydrogens is 315 g/mol. The Balaban J connectivity index is 1.90. The summed E-state index contributed by atoms with van der Waals surface area (Å²) in [5.41, 5.74) is 1.49. The van der Waals surface area contributed by atoms with E-state index in [-0.39, 0.29) is 24.3 Å². The number of quaternary nitrogens is 1. The zero-order valence-electron chi connectivity index (χ0n) is 13.3. The lowest BCUT2D eigenvalue weighted by atomic mass is 10.1. The molecule has 2 N–H and O–H groups in total. The van der Waals surface area contributed by atoms with Gasteiger partial charge in [0.2, 0.25) is 0 Å². The Morgan fingerprint density at radius 3 is 2.57 bits per heavy atom. The van der Waals surface area contributed by atoms with Crippen molar-refractivity contribution in [2.24, 2.45) is 0 Å². The van der Waals surface area contributed by atoms with Gasteiger partial charge in [0.05, 0.1) is 23.7 Å². The summed E-state index contributed by atoms with van der Waals surface area (Å²) < 4.78 is 13.8. The van der Waals surface area contributed by atoms with Crippen LogP contribution in [-0.4, -0.2) is 19.5 Å². The molecule has 1 unspecified atom stereocenters. The fraction of sp³-hybridized carbons (Fsp3) is 0.278. The first-order valence-corrected chi connectivity index (χ1v) is 7.93. The second kappa shape index (κ2) is 8.09. The third-order valence-electron chi connectivity index (χ3n) is 3.68. The topological polar surface area (TPSA) is 33.5 Å². The number of rotatable bonds is 6. The van der Waals surface area contributed by atoms with Crippen molar-refractivity contribution >= 4 is 17.5 Å². The molecule has 2 aromatic rings. The third kappa shape index (κ3) is 5.05. The highest BCUT2D eigenvalue weighted by atomic mass is 35.5. The van der Waals surface area contributed by atoms with Crippen LogP contribution < -0.4 is 10.2 Å². The number of likely N-dealkylation sites (N-methyl/N-ethyl adjacent to an activating group) is 1. The van der Waals surface area contributed by atoms with E-state index in [9.17, 15) is 9.18 Å². The highest BCUT2D eigenvalue weighted by Crippen LogP contribution is 2.17. The molecule has 2 aromatic carbocycles. The summed E-state index contributed by atoms with van der Waals surface area (Å²) in [5.74, 6) is -0.416. The summed E-state index contributed by atoms with van der Waals surface area (Å²) in [5, 5.41) is 3.35. The fourth-order valence-electron chi connectivity index (χ4n) is 2.46. The Morgan fingerprint density at radius 2 is 1.91 bits per heavy atom. The van der Waals surface area contributed by atoms with E-state index in [0.717, 1.165) is 10.5 Å². The smallest absolute Gasteiger partial charge is 0.275 e. The van der Waals surface area contributed by atoms with Crippen molar-refractivity contribution < 1.29 is 14.1 Å². The number of amides is 1. The first-order valence-electron chi connectivity index (χ1n) is 7.56. The lowest BCUT2D eigenvalue weighted by Crippen LogP contribution is -3.09. The van der Waals surface area contributed by atoms with Gasteiger partial charge < -0.3 is 10.2 Å². The van der Waals surface area contributed by atoms with Crippen LogP contribution >= 0.6 is 11.6 Å². The summed E-state index contributed by atoms with van der Waals surface area (Å²) in [4.78, 5) is 13.0. The third-order valence-corrected chi connectivity index (χ3v) is 4.03. The van der Waals surface area contributed by atoms with Gasteiger partial charge in [0.25, 0.3) is 5.91 Å². The molecular formula is C18H21ClFN2O+. The Hall–Kier alpha value is -1.91. The highest BCUT2D eigenvalue weighted by Gasteiger charge is 2.17. The average Bonchev–Trinajstić information content (AvgIpc) is 2.51. The van der Waals surface area contributed by atoms with E-state index in [4.69, 9.17) is 11.6 Å². The molecule has 3 nitrogen and oxygen atoms in total. The van der Waals surface area contributed by atoms with Gasteiger partial charge in [-0.3, -0.25) is 4.79 Å². The van der Waals surface area contributed by atoms with Crippen LogP contribution in [0.25, 0.3) is 0 Å². The number of benzene rings is 2. The Labute approximate surface area is 141 Å². The molecule has 2 rings (SSSR count). The van der Waals surface area contributed by atoms with Crippen LogP contribution in [0.1, 0.15) is 24.1 Å². The molecule has 0 saturated carbocycles. The van der Waals surface area contributed by atoms with Gasteiger partial charge in [0.1, 0.15) is 12.4 Å². The normalized spacial score (nSPS) is 13.4. The molecule has 0 radical (unpaired) electrons. The zero-order chi connectivity index (χ0) is 16.8. The van der Waals surface area contributed by atoms with Gasteiger partial charge in [-0.05, 0) is 24.6 Å². The predicted octanol–water partition coefficient (Wildman–Crippen LogP) is 2.37. The van der Waals surface area contributed by atoms with Crippen LogP contribution in [0, 0.1) is 5.82 Å². The van der Waals surface area contributed by atoms with Crippen molar-refractivity contribution in [1.82, 2.24) is 5.32 Å². The van der Waals surface area contributed by atoms with Crippen LogP contribution in [0.2, 0.25) is 5.02 Å². The van der Waals surface area contributed by atoms with E-state index in [0.29, 0.717) is 17.1 Å². The number of nitrogens with one attached hydrogen (secondary N) is 2. The van der Waals surface area contributed by atoms with Crippen molar-refractivity contribution in [3.05, 3.63) is 70.5 Å². The SMILES string of the molecule is C[C@@H](NC(=O)C[NH+](C)Cc1c(F)cccc1Cl)c1ccccc1. The van der Waals surface area contributed by atoms with Crippen LogP contribution in [0.3, 0.4) is 0 Å². The number of hydrogen-bond acceptors (Lipinski definition) is 1. The molecule has 0 heterocycles. The molecule has 0 saturated heterocycles. The van der Waals surface area contributed by atoms with Crippen LogP contribution in [0.5, 0.6) is 0 Å². The molecule has 0 bridgehead atoms. The largest absolute Gasteiger partial charge is 0.345 e. The zero-order valence-corrected chi connectivity index (χ0v) is 14.0. The first kappa shape index (κ1) is 17.4. The lowest BCUT2D eigenvalue weighted by Gasteiger charge is -2.18. The average molecular weight is 336 g/mol. The summed E-state index contributed by atoms with van der Waals surface area (Å²) in [7, 11) is 1.84. The van der Waals surface area contributed by atoms with E-state index >= 15 is 0 Å². The molecule has 0 spiro atoms. The van der Waals surface area contributed by atoms with Gasteiger partial charge in [-0.2, -0.15) is 0 Å². The summed E-state index contributed by atoms with van der Waals surface area (Å²) >= 11 is 6.02. The van der Waals surface area contributed by atoms with Crippen molar-refractivity contribution in [1.29, 1.82) is 0 Å². The van der Waals surface area contributed by atoms with Crippen LogP contribution in [0.4, 0.5) is 4.39 Å². The van der Waals surface area contributed by atoms with E-state index < -0.39 is 0 Å². The minimum absolute atomic E-state index is 0.0615. The maximum atomic E-state index is 13.8. The Morgan fingerprint density at radius 1 is 1.22 bits per heavy atom. The summed E-state index contributed by atoms with van der Waals surface area (Å²) in [6.07, 6.45) is 0. The van der Waals surface area contributed by atoms with Crippen molar-refractivity contribution in [3.63, 3.8) is 0 Å². The lowest BCUT2D eigenvalue weighted by molar-refractivity contribution is -0.885. The molecule has 2 atom stereocenters. The van der Waals surface area contributed by atoms with Gasteiger partial charge in [-0.1, -0.05) is 48.0 Å². The quantitative estimate of drug-likeness (QED) is 0.835. The van der Waals surface area contributed by atoms with E-state index in [1.54, 1.807) is 12.1 Å². The molecule has 0 aromatic heterocycles. The number of carbonyl (C=O) groups is 1. The minimum atomic E-state index is -0.338. The van der Waals surface area contributed by atoms with Crippen molar-refractivity contribution in [2.75, 3.05) is 13.6 Å². The standard InChI is InChI=1S/C18H20ClFN2O/c1-13(14-7-4-3-5-8-14)21-18(23)12-22(2)11-15-16(19)9-6-10-17(15)20/h3-10,13H,11-12H2,1-2H3,(H,21,23)/p+1/t13-/m1/s1. The maximum Gasteiger partial charge on any atom is 0.275 e. The molecule has 0 aliphatic heterocycles. The van der Waals surface area contributed by atoms with E-state index in [1.807, 2.05) is 44.3 Å². The monoisotopic (exact) mass is 335 g/mol. The molecule has 23 heavy (non-hydrogen) atoms. The molecule has 0 fully saturated rings. The van der Waals surface area contributed by atoms with Gasteiger partial charge in [0, 0.05) is 0 Å². The summed E-state index contributed by atoms with van der Waals surface area (Å²) in [6, 6.07) is 14.3. The molecule has 0 aliphatic carbocycles. The van der Waals surface area contributed by atoms with Gasteiger partial charge >= 0.3 is 0 Å². The van der Waals surface area contributed by atoms with E-state index in [1.165, 1.54) is 6.07 Å². The molecule has 122 valence electrons. The van der Waals surface area contributed by atoms with Gasteiger partial charge in [0.15, 0.2) is 6.54 Å². The van der Waals surface area contributed by atoms with Crippen LogP contribution in [-0.2, 0) is 11.3 Å². The van der Waals surface area contributed by atoms with Gasteiger partial charge in [-0.15, -0.1) is 0 Å². The minimum Gasteiger partial charge on any atom is -0.345 e. The Bertz CT molecular complexity index is 643. The molecule has 0 aliphatic rings. The molecule has 1 amide bonds. The van der Waals surface area contributed by atoms with Crippen molar-refractivity contribution in [2.45, 2.75) is 19.5 Å². The van der Waals surface area contributed by atoms with E-state index in [2.05, 4.69) is 5.32 Å². The Kier molecular flexibility index (Phi) is 6.13. The predicted molar refractivity (Wildman–Crippen MR) is 89.9 cm³/mol. The van der Waals surface area contributed by atoms with Crippen LogP contribution in [0.15, 0.2) is 48.5 Å². The second-order valence-corrected chi connectivity index (χ2v) is 6.12. The van der Waals surface area contributed by atoms with Crippen molar-refractivity contribution in [3.8, 4) is 0 Å². The summed E-state index contributed by atoms with van der Waals surface area (Å²) in [6.45, 7) is 2.55. The second-order valence-electron chi connectivity index (χ2n) is 5.71. The number of carbonyl (C=O) groups excluding carboxylic acids is 1. The fourth-order valence-corrected chi connectivity index (χ4v) is 2.69. The first-order chi connectivity index (χ1) is 11.0. The maximum absolute atomic E-state index is 13.8. The van der Waals surface area contributed by atoms with Gasteiger partial charge in [-0.25, -0.2) is 4.39 Å². The molecule has 5 heteroatoms. The highest BCUT2D eigenvalue weighted by molar-refractivity contribution is 6.31.